The summed E-state index contributed by atoms with van der Waals surface area (Å²) in [5, 5.41) is 0. The Labute approximate surface area is 101 Å². The van der Waals surface area contributed by atoms with Gasteiger partial charge in [0.15, 0.2) is 0 Å². The summed E-state index contributed by atoms with van der Waals surface area (Å²) in [6.07, 6.45) is 0. The summed E-state index contributed by atoms with van der Waals surface area (Å²) in [5.41, 5.74) is 0. The Kier molecular flexibility index (Phi) is 8.40. The normalized spacial score (nSPS) is 9.36. The average Bonchev–Trinajstić information content (AvgIpc) is 2.18. The molecule has 0 saturated heterocycles. The van der Waals surface area contributed by atoms with Gasteiger partial charge in [-0.05, 0) is 5.92 Å². The fraction of sp³-hybridized carbons (Fsp3) is 0.400. The van der Waals surface area contributed by atoms with Gasteiger partial charge in [-0.3, -0.25) is 0 Å². The van der Waals surface area contributed by atoms with Crippen molar-refractivity contribution in [1.29, 1.82) is 0 Å². The van der Waals surface area contributed by atoms with Gasteiger partial charge in [0, 0.05) is 11.6 Å². The zero-order chi connectivity index (χ0) is 11.0. The Bertz CT molecular complexity index is 256. The van der Waals surface area contributed by atoms with Crippen LogP contribution in [0.3, 0.4) is 0 Å². The molecule has 0 aliphatic heterocycles. The van der Waals surface area contributed by atoms with Crippen LogP contribution in [0.2, 0.25) is 0 Å². The van der Waals surface area contributed by atoms with Crippen LogP contribution in [0.1, 0.15) is 13.8 Å². The first-order valence-electron chi connectivity index (χ1n) is 4.25. The molecule has 0 spiro atoms. The molecule has 4 heteroatoms. The maximum atomic E-state index is 12.6. The predicted molar refractivity (Wildman–Crippen MR) is 54.5 cm³/mol. The molecular weight excluding hydrogens is 300 g/mol. The minimum absolute atomic E-state index is 0.285. The molecule has 1 aromatic carbocycles. The Morgan fingerprint density at radius 1 is 1.57 bits per heavy atom. The van der Waals surface area contributed by atoms with Gasteiger partial charge in [-0.25, -0.2) is 4.39 Å². The molecule has 0 unspecified atom stereocenters. The molecular formula is C10H12BrFOZn. The molecule has 0 aromatic heterocycles. The quantitative estimate of drug-likeness (QED) is 0.613. The minimum atomic E-state index is -0.285. The van der Waals surface area contributed by atoms with Crippen LogP contribution in [-0.4, -0.2) is 6.61 Å². The van der Waals surface area contributed by atoms with Crippen molar-refractivity contribution in [3.8, 4) is 5.75 Å². The third-order valence-corrected chi connectivity index (χ3v) is 1.31. The van der Waals surface area contributed by atoms with Gasteiger partial charge in [0.05, 0.1) is 6.61 Å². The van der Waals surface area contributed by atoms with E-state index in [1.165, 1.54) is 34.5 Å². The second kappa shape index (κ2) is 8.37. The maximum absolute atomic E-state index is 12.6. The number of hydrogen-bond acceptors (Lipinski definition) is 1. The molecule has 0 saturated carbocycles. The molecule has 0 fully saturated rings. The zero-order valence-electron chi connectivity index (χ0n) is 8.39. The van der Waals surface area contributed by atoms with Crippen molar-refractivity contribution in [3.05, 3.63) is 30.1 Å². The monoisotopic (exact) mass is 310 g/mol. The number of ether oxygens (including phenoxy) is 1. The summed E-state index contributed by atoms with van der Waals surface area (Å²) in [7, 11) is 0. The summed E-state index contributed by atoms with van der Waals surface area (Å²) in [5.74, 6) is 0.637. The van der Waals surface area contributed by atoms with Gasteiger partial charge in [-0.1, -0.05) is 19.9 Å². The Morgan fingerprint density at radius 2 is 2.21 bits per heavy atom. The predicted octanol–water partition coefficient (Wildman–Crippen LogP) is 3.50. The molecule has 1 aromatic rings. The molecule has 74 valence electrons. The van der Waals surface area contributed by atoms with Crippen LogP contribution in [-0.2, 0) is 16.3 Å². The number of hydrogen-bond donors (Lipinski definition) is 0. The van der Waals surface area contributed by atoms with Crippen LogP contribution in [0.25, 0.3) is 0 Å². The third kappa shape index (κ3) is 6.50. The fourth-order valence-corrected chi connectivity index (χ4v) is 0.758. The van der Waals surface area contributed by atoms with Gasteiger partial charge in [-0.15, -0.1) is 12.1 Å². The number of benzene rings is 1. The summed E-state index contributed by atoms with van der Waals surface area (Å²) in [6.45, 7) is 4.68. The van der Waals surface area contributed by atoms with E-state index < -0.39 is 0 Å². The number of halogens is 2. The second-order valence-corrected chi connectivity index (χ2v) is 3.08. The topological polar surface area (TPSA) is 9.23 Å². The second-order valence-electron chi connectivity index (χ2n) is 3.08. The first-order valence-corrected chi connectivity index (χ1v) is 11.2. The zero-order valence-corrected chi connectivity index (χ0v) is 12.9. The van der Waals surface area contributed by atoms with E-state index in [2.05, 4.69) is 19.7 Å². The van der Waals surface area contributed by atoms with Crippen molar-refractivity contribution in [3.63, 3.8) is 0 Å². The van der Waals surface area contributed by atoms with Crippen LogP contribution in [0, 0.1) is 17.8 Å². The van der Waals surface area contributed by atoms with E-state index in [9.17, 15) is 4.39 Å². The van der Waals surface area contributed by atoms with Gasteiger partial charge in [0.1, 0.15) is 0 Å². The van der Waals surface area contributed by atoms with Crippen molar-refractivity contribution >= 4 is 13.6 Å². The van der Waals surface area contributed by atoms with Gasteiger partial charge in [0.2, 0.25) is 0 Å². The molecule has 0 heterocycles. The van der Waals surface area contributed by atoms with E-state index >= 15 is 0 Å². The molecule has 14 heavy (non-hydrogen) atoms. The van der Waals surface area contributed by atoms with Gasteiger partial charge in [-0.2, -0.15) is 6.07 Å². The van der Waals surface area contributed by atoms with E-state index in [-0.39, 0.29) is 5.82 Å². The first kappa shape index (κ1) is 14.1. The SMILES string of the molecule is CC(C)COc1[c-]ccc(F)c1.[Zn+][Br]. The molecule has 0 aliphatic carbocycles. The van der Waals surface area contributed by atoms with Crippen LogP contribution >= 0.6 is 13.6 Å². The van der Waals surface area contributed by atoms with Crippen LogP contribution < -0.4 is 4.74 Å². The molecule has 0 radical (unpaired) electrons. The molecule has 0 bridgehead atoms. The molecule has 0 atom stereocenters. The van der Waals surface area contributed by atoms with E-state index in [0.29, 0.717) is 18.3 Å². The summed E-state index contributed by atoms with van der Waals surface area (Å²) in [4.78, 5) is 0. The van der Waals surface area contributed by atoms with Crippen molar-refractivity contribution in [2.24, 2.45) is 5.92 Å². The molecule has 0 N–H and O–H groups in total. The number of rotatable bonds is 3. The van der Waals surface area contributed by atoms with E-state index in [4.69, 9.17) is 4.74 Å². The van der Waals surface area contributed by atoms with E-state index in [1.807, 2.05) is 13.8 Å². The van der Waals surface area contributed by atoms with Gasteiger partial charge in [0.25, 0.3) is 0 Å². The average molecular weight is 312 g/mol. The third-order valence-electron chi connectivity index (χ3n) is 1.31. The van der Waals surface area contributed by atoms with Crippen molar-refractivity contribution < 1.29 is 25.5 Å². The molecule has 0 amide bonds. The molecule has 0 aliphatic rings. The van der Waals surface area contributed by atoms with Crippen molar-refractivity contribution in [2.75, 3.05) is 6.61 Å². The van der Waals surface area contributed by atoms with Gasteiger partial charge >= 0.3 is 30.0 Å². The Hall–Kier alpha value is 0.0534. The van der Waals surface area contributed by atoms with Crippen LogP contribution in [0.5, 0.6) is 5.75 Å². The Balaban J connectivity index is 0.000000791. The standard InChI is InChI=1S/C10H12FO.BrH.Zn/c1-8(2)7-12-10-5-3-4-9(11)6-10;;/h3-4,6,8H,7H2,1-2H3;1H;/q-1;;+2/p-1. The Morgan fingerprint density at radius 3 is 2.71 bits per heavy atom. The summed E-state index contributed by atoms with van der Waals surface area (Å²) in [6, 6.07) is 7.01. The first-order chi connectivity index (χ1) is 6.68. The van der Waals surface area contributed by atoms with Crippen molar-refractivity contribution in [2.45, 2.75) is 13.8 Å². The van der Waals surface area contributed by atoms with Crippen molar-refractivity contribution in [1.82, 2.24) is 0 Å². The fourth-order valence-electron chi connectivity index (χ4n) is 0.758. The van der Waals surface area contributed by atoms with Crippen LogP contribution in [0.15, 0.2) is 18.2 Å². The van der Waals surface area contributed by atoms with E-state index in [0.717, 1.165) is 0 Å². The van der Waals surface area contributed by atoms with Gasteiger partial charge < -0.3 is 4.74 Å². The summed E-state index contributed by atoms with van der Waals surface area (Å²) >= 11 is 4.25. The molecule has 1 nitrogen and oxygen atoms in total. The molecule has 1 rings (SSSR count). The summed E-state index contributed by atoms with van der Waals surface area (Å²) < 4.78 is 17.8. The van der Waals surface area contributed by atoms with E-state index in [1.54, 1.807) is 0 Å². The van der Waals surface area contributed by atoms with Crippen LogP contribution in [0.4, 0.5) is 4.39 Å².